The highest BCUT2D eigenvalue weighted by molar-refractivity contribution is 5.96. The van der Waals surface area contributed by atoms with E-state index in [9.17, 15) is 4.79 Å². The summed E-state index contributed by atoms with van der Waals surface area (Å²) in [5.41, 5.74) is 1.28. The quantitative estimate of drug-likeness (QED) is 0.179. The molecule has 2 fully saturated rings. The van der Waals surface area contributed by atoms with Gasteiger partial charge in [-0.05, 0) is 40.5 Å². The predicted octanol–water partition coefficient (Wildman–Crippen LogP) is 2.07. The molecule has 48 heavy (non-hydrogen) atoms. The fourth-order valence-electron chi connectivity index (χ4n) is 5.83. The molecule has 0 radical (unpaired) electrons. The van der Waals surface area contributed by atoms with Crippen LogP contribution in [0.15, 0.2) is 0 Å². The van der Waals surface area contributed by atoms with Gasteiger partial charge in [0, 0.05) is 92.9 Å². The monoisotopic (exact) mass is 675 g/mol. The number of rotatable bonds is 21. The number of aromatic nitrogens is 4. The Hall–Kier alpha value is -3.11. The molecule has 0 unspecified atom stereocenters. The molecule has 0 aliphatic carbocycles. The second kappa shape index (κ2) is 19.8. The standard InChI is InChI=1S/C33H57N9O6/c1-7-45-21-17-40(18-22-46-8-2)32-35-29-28(30(36-32)39-13-11-26(44-6)12-14-39)34-33(41(19-23-47-9-3)20-24-48-10-4)37-31(29)42-16-15-38(5)27(43)25-42/h26H,7-25H2,1-6H3. The van der Waals surface area contributed by atoms with Crippen molar-refractivity contribution in [1.29, 1.82) is 0 Å². The first kappa shape index (κ1) is 37.7. The summed E-state index contributed by atoms with van der Waals surface area (Å²) in [6.45, 7) is 17.9. The Morgan fingerprint density at radius 1 is 0.646 bits per heavy atom. The van der Waals surface area contributed by atoms with Gasteiger partial charge >= 0.3 is 0 Å². The van der Waals surface area contributed by atoms with Crippen LogP contribution < -0.4 is 19.6 Å². The summed E-state index contributed by atoms with van der Waals surface area (Å²) in [5, 5.41) is 0. The molecule has 0 atom stereocenters. The van der Waals surface area contributed by atoms with Gasteiger partial charge < -0.3 is 48.2 Å². The SMILES string of the molecule is CCOCCN(CCOCC)c1nc(N2CCN(C)C(=O)C2)c2nc(N(CCOCC)CCOCC)nc(N3CCC(OC)CC3)c2n1. The maximum absolute atomic E-state index is 13.0. The van der Waals surface area contributed by atoms with Gasteiger partial charge in [-0.2, -0.15) is 9.97 Å². The molecule has 4 heterocycles. The topological polar surface area (TPSA) is 131 Å². The average Bonchev–Trinajstić information content (AvgIpc) is 3.11. The van der Waals surface area contributed by atoms with Gasteiger partial charge in [0.15, 0.2) is 11.6 Å². The second-order valence-corrected chi connectivity index (χ2v) is 11.8. The summed E-state index contributed by atoms with van der Waals surface area (Å²) >= 11 is 0. The highest BCUT2D eigenvalue weighted by Gasteiger charge is 2.30. The number of methoxy groups -OCH3 is 1. The lowest BCUT2D eigenvalue weighted by molar-refractivity contribution is -0.129. The number of piperidine rings is 1. The number of anilines is 4. The Morgan fingerprint density at radius 3 is 1.48 bits per heavy atom. The molecule has 1 amide bonds. The summed E-state index contributed by atoms with van der Waals surface area (Å²) in [7, 11) is 3.61. The zero-order valence-electron chi connectivity index (χ0n) is 30.0. The molecule has 0 aromatic carbocycles. The fourth-order valence-corrected chi connectivity index (χ4v) is 5.83. The third-order valence-electron chi connectivity index (χ3n) is 8.72. The molecule has 2 saturated heterocycles. The second-order valence-electron chi connectivity index (χ2n) is 11.8. The van der Waals surface area contributed by atoms with Crippen LogP contribution in [0, 0.1) is 0 Å². The molecule has 0 N–H and O–H groups in total. The van der Waals surface area contributed by atoms with Gasteiger partial charge in [0.05, 0.1) is 39.1 Å². The molecule has 2 aromatic rings. The van der Waals surface area contributed by atoms with Crippen molar-refractivity contribution in [3.63, 3.8) is 0 Å². The number of carbonyl (C=O) groups is 1. The smallest absolute Gasteiger partial charge is 0.241 e. The summed E-state index contributed by atoms with van der Waals surface area (Å²) in [6, 6.07) is 0. The molecule has 0 spiro atoms. The van der Waals surface area contributed by atoms with Crippen LogP contribution in [0.25, 0.3) is 11.0 Å². The molecule has 2 aliphatic rings. The molecular formula is C33H57N9O6. The van der Waals surface area contributed by atoms with Crippen LogP contribution in [-0.2, 0) is 28.5 Å². The van der Waals surface area contributed by atoms with Crippen molar-refractivity contribution in [3.8, 4) is 0 Å². The maximum atomic E-state index is 13.0. The van der Waals surface area contributed by atoms with Gasteiger partial charge in [0.25, 0.3) is 0 Å². The first-order valence-corrected chi connectivity index (χ1v) is 17.6. The predicted molar refractivity (Wildman–Crippen MR) is 188 cm³/mol. The Bertz CT molecular complexity index is 1250. The number of piperazine rings is 1. The van der Waals surface area contributed by atoms with Crippen molar-refractivity contribution in [2.75, 3.05) is 146 Å². The van der Waals surface area contributed by atoms with E-state index in [0.717, 1.165) is 31.7 Å². The Morgan fingerprint density at radius 2 is 1.08 bits per heavy atom. The van der Waals surface area contributed by atoms with E-state index in [4.69, 9.17) is 43.6 Å². The van der Waals surface area contributed by atoms with E-state index in [-0.39, 0.29) is 18.6 Å². The zero-order chi connectivity index (χ0) is 34.3. The van der Waals surface area contributed by atoms with Crippen LogP contribution in [0.5, 0.6) is 0 Å². The minimum atomic E-state index is 0.0327. The van der Waals surface area contributed by atoms with Crippen LogP contribution in [0.3, 0.4) is 0 Å². The maximum Gasteiger partial charge on any atom is 0.241 e. The minimum Gasteiger partial charge on any atom is -0.381 e. The fraction of sp³-hybridized carbons (Fsp3) is 0.788. The highest BCUT2D eigenvalue weighted by atomic mass is 16.5. The first-order valence-electron chi connectivity index (χ1n) is 17.6. The number of amides is 1. The van der Waals surface area contributed by atoms with Gasteiger partial charge in [-0.25, -0.2) is 9.97 Å². The van der Waals surface area contributed by atoms with Gasteiger partial charge in [-0.1, -0.05) is 0 Å². The van der Waals surface area contributed by atoms with E-state index in [1.165, 1.54) is 0 Å². The molecule has 4 rings (SSSR count). The Balaban J connectivity index is 1.90. The Kier molecular flexibility index (Phi) is 15.5. The summed E-state index contributed by atoms with van der Waals surface area (Å²) in [5.74, 6) is 2.51. The normalized spacial score (nSPS) is 16.0. The lowest BCUT2D eigenvalue weighted by atomic mass is 10.1. The van der Waals surface area contributed by atoms with Gasteiger partial charge in [0.1, 0.15) is 11.0 Å². The first-order chi connectivity index (χ1) is 23.4. The zero-order valence-corrected chi connectivity index (χ0v) is 30.0. The number of likely N-dealkylation sites (N-methyl/N-ethyl adjacent to an activating group) is 1. The number of ether oxygens (including phenoxy) is 5. The Labute approximate surface area is 285 Å². The summed E-state index contributed by atoms with van der Waals surface area (Å²) in [6.07, 6.45) is 1.96. The third-order valence-corrected chi connectivity index (χ3v) is 8.72. The molecule has 2 aliphatic heterocycles. The van der Waals surface area contributed by atoms with Crippen LogP contribution in [0.2, 0.25) is 0 Å². The van der Waals surface area contributed by atoms with E-state index in [2.05, 4.69) is 14.7 Å². The number of carbonyl (C=O) groups excluding carboxylic acids is 1. The highest BCUT2D eigenvalue weighted by Crippen LogP contribution is 2.34. The van der Waals surface area contributed by atoms with E-state index in [0.29, 0.717) is 121 Å². The van der Waals surface area contributed by atoms with Crippen molar-refractivity contribution in [3.05, 3.63) is 0 Å². The van der Waals surface area contributed by atoms with Gasteiger partial charge in [0.2, 0.25) is 17.8 Å². The largest absolute Gasteiger partial charge is 0.381 e. The number of hydrogen-bond acceptors (Lipinski definition) is 14. The number of nitrogens with zero attached hydrogens (tertiary/aromatic N) is 9. The van der Waals surface area contributed by atoms with Crippen molar-refractivity contribution in [2.24, 2.45) is 0 Å². The van der Waals surface area contributed by atoms with E-state index in [1.54, 1.807) is 12.0 Å². The summed E-state index contributed by atoms with van der Waals surface area (Å²) < 4.78 is 28.7. The van der Waals surface area contributed by atoms with Gasteiger partial charge in [-0.15, -0.1) is 0 Å². The average molecular weight is 676 g/mol. The molecule has 0 bridgehead atoms. The minimum absolute atomic E-state index is 0.0327. The summed E-state index contributed by atoms with van der Waals surface area (Å²) in [4.78, 5) is 44.1. The van der Waals surface area contributed by atoms with Crippen molar-refractivity contribution < 1.29 is 28.5 Å². The van der Waals surface area contributed by atoms with Crippen molar-refractivity contribution >= 4 is 40.5 Å². The third kappa shape index (κ3) is 10.2. The van der Waals surface area contributed by atoms with Gasteiger partial charge in [-0.3, -0.25) is 4.79 Å². The lowest BCUT2D eigenvalue weighted by Crippen LogP contribution is -2.49. The van der Waals surface area contributed by atoms with E-state index < -0.39 is 0 Å². The van der Waals surface area contributed by atoms with Crippen molar-refractivity contribution in [1.82, 2.24) is 24.8 Å². The number of fused-ring (bicyclic) bond motifs is 1. The molecular weight excluding hydrogens is 618 g/mol. The van der Waals surface area contributed by atoms with Crippen LogP contribution in [0.4, 0.5) is 23.5 Å². The van der Waals surface area contributed by atoms with Crippen LogP contribution in [0.1, 0.15) is 40.5 Å². The molecule has 0 saturated carbocycles. The van der Waals surface area contributed by atoms with Crippen LogP contribution in [-0.4, -0.2) is 163 Å². The van der Waals surface area contributed by atoms with E-state index in [1.807, 2.05) is 39.6 Å². The number of hydrogen-bond donors (Lipinski definition) is 0. The van der Waals surface area contributed by atoms with E-state index >= 15 is 0 Å². The van der Waals surface area contributed by atoms with Crippen LogP contribution >= 0.6 is 0 Å². The molecule has 270 valence electrons. The lowest BCUT2D eigenvalue weighted by Gasteiger charge is -2.35. The van der Waals surface area contributed by atoms with Crippen molar-refractivity contribution in [2.45, 2.75) is 46.6 Å². The molecule has 2 aromatic heterocycles. The molecule has 15 nitrogen and oxygen atoms in total. The molecule has 15 heteroatoms.